The van der Waals surface area contributed by atoms with Crippen molar-refractivity contribution in [3.8, 4) is 5.75 Å². The lowest BCUT2D eigenvalue weighted by molar-refractivity contribution is 0.0463. The van der Waals surface area contributed by atoms with Crippen LogP contribution in [-0.4, -0.2) is 23.8 Å². The van der Waals surface area contributed by atoms with Gasteiger partial charge in [0.15, 0.2) is 0 Å². The Morgan fingerprint density at radius 1 is 1.10 bits per heavy atom. The van der Waals surface area contributed by atoms with E-state index in [0.717, 1.165) is 30.9 Å². The van der Waals surface area contributed by atoms with Crippen molar-refractivity contribution >= 4 is 0 Å². The topological polar surface area (TPSA) is 41.5 Å². The van der Waals surface area contributed by atoms with Gasteiger partial charge in [-0.15, -0.1) is 0 Å². The molecule has 20 heavy (non-hydrogen) atoms. The second-order valence-electron chi connectivity index (χ2n) is 6.57. The summed E-state index contributed by atoms with van der Waals surface area (Å²) in [7, 11) is 0. The minimum absolute atomic E-state index is 0.0773. The van der Waals surface area contributed by atoms with Crippen LogP contribution in [0.5, 0.6) is 5.75 Å². The largest absolute Gasteiger partial charge is 0.494 e. The molecule has 2 N–H and O–H groups in total. The van der Waals surface area contributed by atoms with Gasteiger partial charge in [-0.2, -0.15) is 0 Å². The fourth-order valence-corrected chi connectivity index (χ4v) is 1.96. The minimum atomic E-state index is -0.818. The van der Waals surface area contributed by atoms with Crippen LogP contribution < -0.4 is 10.1 Å². The van der Waals surface area contributed by atoms with E-state index >= 15 is 0 Å². The highest BCUT2D eigenvalue weighted by Gasteiger charge is 2.23. The Morgan fingerprint density at radius 3 is 2.20 bits per heavy atom. The van der Waals surface area contributed by atoms with E-state index in [1.54, 1.807) is 0 Å². The normalized spacial score (nSPS) is 14.9. The lowest BCUT2D eigenvalue weighted by atomic mass is 9.92. The van der Waals surface area contributed by atoms with Crippen LogP contribution in [0.3, 0.4) is 0 Å². The van der Waals surface area contributed by atoms with Gasteiger partial charge < -0.3 is 15.2 Å². The van der Waals surface area contributed by atoms with Crippen molar-refractivity contribution in [2.75, 3.05) is 13.2 Å². The third-order valence-electron chi connectivity index (χ3n) is 3.22. The molecular formula is C17H29NO2. The maximum atomic E-state index is 10.6. The molecule has 1 atom stereocenters. The molecule has 0 amide bonds. The predicted octanol–water partition coefficient (Wildman–Crippen LogP) is 3.46. The Labute approximate surface area is 123 Å². The summed E-state index contributed by atoms with van der Waals surface area (Å²) in [6.45, 7) is 11.8. The molecule has 1 aromatic rings. The molecule has 114 valence electrons. The number of hydrogen-bond donors (Lipinski definition) is 2. The number of rotatable bonds is 7. The first-order valence-electron chi connectivity index (χ1n) is 7.45. The molecule has 0 saturated carbocycles. The number of ether oxygens (including phenoxy) is 1. The van der Waals surface area contributed by atoms with Crippen LogP contribution >= 0.6 is 0 Å². The highest BCUT2D eigenvalue weighted by Crippen LogP contribution is 2.26. The van der Waals surface area contributed by atoms with Crippen molar-refractivity contribution in [3.63, 3.8) is 0 Å². The number of hydrogen-bond acceptors (Lipinski definition) is 3. The Morgan fingerprint density at radius 2 is 1.70 bits per heavy atom. The zero-order chi connectivity index (χ0) is 15.2. The van der Waals surface area contributed by atoms with Gasteiger partial charge in [-0.3, -0.25) is 0 Å². The van der Waals surface area contributed by atoms with E-state index in [4.69, 9.17) is 4.74 Å². The first kappa shape index (κ1) is 17.0. The molecule has 0 aliphatic rings. The molecule has 0 aliphatic carbocycles. The van der Waals surface area contributed by atoms with E-state index in [1.807, 2.05) is 31.2 Å². The van der Waals surface area contributed by atoms with Gasteiger partial charge in [-0.1, -0.05) is 19.1 Å². The molecule has 0 aromatic heterocycles. The van der Waals surface area contributed by atoms with Crippen LogP contribution in [0.1, 0.15) is 53.0 Å². The zero-order valence-corrected chi connectivity index (χ0v) is 13.5. The van der Waals surface area contributed by atoms with E-state index in [-0.39, 0.29) is 5.54 Å². The van der Waals surface area contributed by atoms with Gasteiger partial charge in [-0.05, 0) is 64.8 Å². The van der Waals surface area contributed by atoms with E-state index in [2.05, 4.69) is 33.0 Å². The van der Waals surface area contributed by atoms with Gasteiger partial charge >= 0.3 is 0 Å². The summed E-state index contributed by atoms with van der Waals surface area (Å²) >= 11 is 0. The Balaban J connectivity index is 2.58. The number of nitrogens with one attached hydrogen (secondary N) is 1. The summed E-state index contributed by atoms with van der Waals surface area (Å²) in [4.78, 5) is 0. The van der Waals surface area contributed by atoms with Gasteiger partial charge in [0.2, 0.25) is 0 Å². The van der Waals surface area contributed by atoms with Gasteiger partial charge in [0.25, 0.3) is 0 Å². The smallest absolute Gasteiger partial charge is 0.119 e. The fraction of sp³-hybridized carbons (Fsp3) is 0.647. The molecule has 0 heterocycles. The molecule has 3 heteroatoms. The maximum Gasteiger partial charge on any atom is 0.119 e. The maximum absolute atomic E-state index is 10.6. The van der Waals surface area contributed by atoms with Crippen LogP contribution in [0.15, 0.2) is 24.3 Å². The third kappa shape index (κ3) is 5.93. The quantitative estimate of drug-likeness (QED) is 0.803. The van der Waals surface area contributed by atoms with Crippen LogP contribution in [0, 0.1) is 0 Å². The van der Waals surface area contributed by atoms with E-state index in [9.17, 15) is 5.11 Å². The van der Waals surface area contributed by atoms with E-state index < -0.39 is 5.60 Å². The van der Waals surface area contributed by atoms with Gasteiger partial charge in [0.05, 0.1) is 12.2 Å². The molecule has 0 bridgehead atoms. The van der Waals surface area contributed by atoms with Gasteiger partial charge in [0.1, 0.15) is 5.75 Å². The number of aliphatic hydroxyl groups is 1. The van der Waals surface area contributed by atoms with Crippen molar-refractivity contribution in [1.82, 2.24) is 5.32 Å². The van der Waals surface area contributed by atoms with Crippen molar-refractivity contribution in [2.24, 2.45) is 0 Å². The van der Waals surface area contributed by atoms with Crippen LogP contribution in [0.2, 0.25) is 0 Å². The number of benzene rings is 1. The fourth-order valence-electron chi connectivity index (χ4n) is 1.96. The highest BCUT2D eigenvalue weighted by molar-refractivity contribution is 5.30. The lowest BCUT2D eigenvalue weighted by Crippen LogP contribution is -2.39. The Hall–Kier alpha value is -1.06. The van der Waals surface area contributed by atoms with Crippen molar-refractivity contribution in [1.29, 1.82) is 0 Å². The molecule has 0 aliphatic heterocycles. The summed E-state index contributed by atoms with van der Waals surface area (Å²) in [5.41, 5.74) is 0.187. The summed E-state index contributed by atoms with van der Waals surface area (Å²) in [6.07, 6.45) is 1.68. The Bertz CT molecular complexity index is 390. The van der Waals surface area contributed by atoms with Crippen molar-refractivity contribution in [2.45, 2.75) is 58.6 Å². The molecular weight excluding hydrogens is 250 g/mol. The summed E-state index contributed by atoms with van der Waals surface area (Å²) in [5, 5.41) is 14.0. The monoisotopic (exact) mass is 279 g/mol. The predicted molar refractivity (Wildman–Crippen MR) is 84.2 cm³/mol. The Kier molecular flexibility index (Phi) is 6.03. The van der Waals surface area contributed by atoms with Gasteiger partial charge in [0, 0.05) is 5.54 Å². The first-order valence-corrected chi connectivity index (χ1v) is 7.45. The molecule has 0 spiro atoms. The molecule has 1 unspecified atom stereocenters. The first-order chi connectivity index (χ1) is 9.24. The van der Waals surface area contributed by atoms with Crippen LogP contribution in [0.25, 0.3) is 0 Å². The molecule has 0 saturated heterocycles. The minimum Gasteiger partial charge on any atom is -0.494 e. The SMILES string of the molecule is CCCOc1ccc(C(C)(O)CCNC(C)(C)C)cc1. The second-order valence-corrected chi connectivity index (χ2v) is 6.57. The summed E-state index contributed by atoms with van der Waals surface area (Å²) < 4.78 is 5.55. The summed E-state index contributed by atoms with van der Waals surface area (Å²) in [5.74, 6) is 0.860. The average molecular weight is 279 g/mol. The van der Waals surface area contributed by atoms with Crippen LogP contribution in [-0.2, 0) is 5.60 Å². The van der Waals surface area contributed by atoms with Crippen molar-refractivity contribution in [3.05, 3.63) is 29.8 Å². The lowest BCUT2D eigenvalue weighted by Gasteiger charge is -2.27. The molecule has 1 rings (SSSR count). The third-order valence-corrected chi connectivity index (χ3v) is 3.22. The molecule has 0 fully saturated rings. The van der Waals surface area contributed by atoms with Crippen LogP contribution in [0.4, 0.5) is 0 Å². The molecule has 1 aromatic carbocycles. The standard InChI is InChI=1S/C17H29NO2/c1-6-13-20-15-9-7-14(8-10-15)17(5,19)11-12-18-16(2,3)4/h7-10,18-19H,6,11-13H2,1-5H3. The average Bonchev–Trinajstić information content (AvgIpc) is 2.35. The molecule has 0 radical (unpaired) electrons. The van der Waals surface area contributed by atoms with E-state index in [1.165, 1.54) is 0 Å². The summed E-state index contributed by atoms with van der Waals surface area (Å²) in [6, 6.07) is 7.75. The highest BCUT2D eigenvalue weighted by atomic mass is 16.5. The second kappa shape index (κ2) is 7.09. The zero-order valence-electron chi connectivity index (χ0n) is 13.5. The molecule has 3 nitrogen and oxygen atoms in total. The van der Waals surface area contributed by atoms with Gasteiger partial charge in [-0.25, -0.2) is 0 Å². The van der Waals surface area contributed by atoms with Crippen molar-refractivity contribution < 1.29 is 9.84 Å². The van der Waals surface area contributed by atoms with E-state index in [0.29, 0.717) is 6.42 Å².